The molecule has 4 nitrogen and oxygen atoms in total. The average molecular weight is 349 g/mol. The summed E-state index contributed by atoms with van der Waals surface area (Å²) in [6.45, 7) is -0.0125. The zero-order valence-corrected chi connectivity index (χ0v) is 13.0. The van der Waals surface area contributed by atoms with Crippen molar-refractivity contribution in [3.63, 3.8) is 0 Å². The number of carbonyl (C=O) groups is 1. The molecule has 3 rings (SSSR count). The molecule has 0 bridgehead atoms. The number of halogens is 3. The molecule has 0 fully saturated rings. The van der Waals surface area contributed by atoms with Crippen LogP contribution in [0.1, 0.15) is 16.1 Å². The van der Waals surface area contributed by atoms with Gasteiger partial charge in [0.15, 0.2) is 5.76 Å². The van der Waals surface area contributed by atoms with Gasteiger partial charge in [0.2, 0.25) is 0 Å². The smallest absolute Gasteiger partial charge is 0.256 e. The third kappa shape index (κ3) is 3.28. The van der Waals surface area contributed by atoms with Gasteiger partial charge in [0.05, 0.1) is 22.7 Å². The predicted octanol–water partition coefficient (Wildman–Crippen LogP) is 4.20. The first kappa shape index (κ1) is 16.1. The molecule has 0 saturated carbocycles. The molecule has 0 atom stereocenters. The van der Waals surface area contributed by atoms with Gasteiger partial charge >= 0.3 is 0 Å². The third-order valence-electron chi connectivity index (χ3n) is 3.32. The molecule has 0 saturated heterocycles. The van der Waals surface area contributed by atoms with Crippen molar-refractivity contribution in [2.75, 3.05) is 0 Å². The fourth-order valence-corrected chi connectivity index (χ4v) is 2.41. The van der Waals surface area contributed by atoms with E-state index in [0.29, 0.717) is 5.69 Å². The molecule has 0 unspecified atom stereocenters. The number of aromatic nitrogens is 1. The molecule has 0 spiro atoms. The van der Waals surface area contributed by atoms with Crippen LogP contribution in [0.15, 0.2) is 53.1 Å². The molecule has 0 aliphatic heterocycles. The number of benzene rings is 2. The molecule has 0 aliphatic rings. The lowest BCUT2D eigenvalue weighted by atomic mass is 10.1. The third-order valence-corrected chi connectivity index (χ3v) is 3.63. The number of nitrogens with zero attached hydrogens (tertiary/aromatic N) is 1. The van der Waals surface area contributed by atoms with Crippen molar-refractivity contribution in [3.8, 4) is 11.3 Å². The Kier molecular flexibility index (Phi) is 4.57. The molecular formula is C17H11ClF2N2O2. The molecule has 3 aromatic rings. The van der Waals surface area contributed by atoms with E-state index in [9.17, 15) is 13.6 Å². The SMILES string of the molecule is O=C(NCc1cc(-c2ccccc2F)on1)c1c(F)cccc1Cl. The zero-order valence-electron chi connectivity index (χ0n) is 12.2. The highest BCUT2D eigenvalue weighted by molar-refractivity contribution is 6.33. The van der Waals surface area contributed by atoms with Crippen LogP contribution >= 0.6 is 11.6 Å². The molecule has 2 aromatic carbocycles. The fraction of sp³-hybridized carbons (Fsp3) is 0.0588. The summed E-state index contributed by atoms with van der Waals surface area (Å²) in [5.74, 6) is -1.59. The summed E-state index contributed by atoms with van der Waals surface area (Å²) in [4.78, 5) is 12.0. The van der Waals surface area contributed by atoms with E-state index in [1.54, 1.807) is 18.2 Å². The van der Waals surface area contributed by atoms with Gasteiger partial charge in [-0.1, -0.05) is 35.0 Å². The summed E-state index contributed by atoms with van der Waals surface area (Å²) < 4.78 is 32.4. The van der Waals surface area contributed by atoms with E-state index in [2.05, 4.69) is 10.5 Å². The van der Waals surface area contributed by atoms with Gasteiger partial charge in [0.1, 0.15) is 17.3 Å². The van der Waals surface area contributed by atoms with Gasteiger partial charge in [-0.05, 0) is 24.3 Å². The van der Waals surface area contributed by atoms with Crippen LogP contribution in [0.4, 0.5) is 8.78 Å². The quantitative estimate of drug-likeness (QED) is 0.768. The Bertz CT molecular complexity index is 876. The van der Waals surface area contributed by atoms with Crippen LogP contribution in [0.25, 0.3) is 11.3 Å². The van der Waals surface area contributed by atoms with E-state index in [1.165, 1.54) is 24.3 Å². The first-order valence-corrected chi connectivity index (χ1v) is 7.37. The normalized spacial score (nSPS) is 10.6. The maximum absolute atomic E-state index is 13.7. The van der Waals surface area contributed by atoms with Crippen molar-refractivity contribution < 1.29 is 18.1 Å². The standard InChI is InChI=1S/C17H11ClF2N2O2/c18-12-5-3-7-14(20)16(12)17(23)21-9-10-8-15(24-22-10)11-4-1-2-6-13(11)19/h1-8H,9H2,(H,21,23). The molecule has 1 amide bonds. The highest BCUT2D eigenvalue weighted by Gasteiger charge is 2.16. The molecule has 7 heteroatoms. The number of hydrogen-bond donors (Lipinski definition) is 1. The topological polar surface area (TPSA) is 55.1 Å². The van der Waals surface area contributed by atoms with Crippen molar-refractivity contribution in [2.24, 2.45) is 0 Å². The van der Waals surface area contributed by atoms with Crippen LogP contribution in [-0.2, 0) is 6.54 Å². The maximum Gasteiger partial charge on any atom is 0.256 e. The second kappa shape index (κ2) is 6.80. The van der Waals surface area contributed by atoms with Gasteiger partial charge in [-0.2, -0.15) is 0 Å². The van der Waals surface area contributed by atoms with Gasteiger partial charge < -0.3 is 9.84 Å². The summed E-state index contributed by atoms with van der Waals surface area (Å²) in [6.07, 6.45) is 0. The average Bonchev–Trinajstić information content (AvgIpc) is 3.02. The van der Waals surface area contributed by atoms with Crippen molar-refractivity contribution in [1.29, 1.82) is 0 Å². The van der Waals surface area contributed by atoms with Gasteiger partial charge in [0, 0.05) is 6.07 Å². The van der Waals surface area contributed by atoms with E-state index in [4.69, 9.17) is 16.1 Å². The van der Waals surface area contributed by atoms with Crippen LogP contribution in [-0.4, -0.2) is 11.1 Å². The van der Waals surface area contributed by atoms with Gasteiger partial charge in [-0.15, -0.1) is 0 Å². The number of rotatable bonds is 4. The summed E-state index contributed by atoms with van der Waals surface area (Å²) in [5.41, 5.74) is 0.394. The monoisotopic (exact) mass is 348 g/mol. The Hall–Kier alpha value is -2.73. The van der Waals surface area contributed by atoms with Crippen molar-refractivity contribution in [3.05, 3.63) is 76.4 Å². The lowest BCUT2D eigenvalue weighted by molar-refractivity contribution is 0.0946. The van der Waals surface area contributed by atoms with Gasteiger partial charge in [0.25, 0.3) is 5.91 Å². The first-order chi connectivity index (χ1) is 11.6. The lowest BCUT2D eigenvalue weighted by Gasteiger charge is -2.05. The maximum atomic E-state index is 13.7. The fourth-order valence-electron chi connectivity index (χ4n) is 2.16. The molecule has 24 heavy (non-hydrogen) atoms. The minimum absolute atomic E-state index is 0.0125. The Labute approximate surface area is 141 Å². The summed E-state index contributed by atoms with van der Waals surface area (Å²) >= 11 is 5.83. The molecule has 1 heterocycles. The first-order valence-electron chi connectivity index (χ1n) is 6.99. The Morgan fingerprint density at radius 1 is 1.12 bits per heavy atom. The number of hydrogen-bond acceptors (Lipinski definition) is 3. The molecule has 122 valence electrons. The summed E-state index contributed by atoms with van der Waals surface area (Å²) in [6, 6.07) is 11.6. The molecule has 1 N–H and O–H groups in total. The number of carbonyl (C=O) groups excluding carboxylic acids is 1. The minimum Gasteiger partial charge on any atom is -0.356 e. The van der Waals surface area contributed by atoms with Crippen LogP contribution in [0.2, 0.25) is 5.02 Å². The second-order valence-electron chi connectivity index (χ2n) is 4.94. The number of nitrogens with one attached hydrogen (secondary N) is 1. The van der Waals surface area contributed by atoms with Crippen molar-refractivity contribution >= 4 is 17.5 Å². The molecule has 0 radical (unpaired) electrons. The lowest BCUT2D eigenvalue weighted by Crippen LogP contribution is -2.24. The van der Waals surface area contributed by atoms with Gasteiger partial charge in [-0.3, -0.25) is 4.79 Å². The Morgan fingerprint density at radius 3 is 2.62 bits per heavy atom. The Morgan fingerprint density at radius 2 is 1.88 bits per heavy atom. The second-order valence-corrected chi connectivity index (χ2v) is 5.35. The summed E-state index contributed by atoms with van der Waals surface area (Å²) in [7, 11) is 0. The largest absolute Gasteiger partial charge is 0.356 e. The van der Waals surface area contributed by atoms with Gasteiger partial charge in [-0.25, -0.2) is 8.78 Å². The summed E-state index contributed by atoms with van der Waals surface area (Å²) in [5, 5.41) is 6.27. The van der Waals surface area contributed by atoms with E-state index < -0.39 is 17.5 Å². The molecular weight excluding hydrogens is 338 g/mol. The number of amides is 1. The van der Waals surface area contributed by atoms with E-state index in [0.717, 1.165) is 6.07 Å². The van der Waals surface area contributed by atoms with Crippen molar-refractivity contribution in [2.45, 2.75) is 6.54 Å². The zero-order chi connectivity index (χ0) is 17.1. The molecule has 1 aromatic heterocycles. The van der Waals surface area contributed by atoms with Crippen LogP contribution in [0.3, 0.4) is 0 Å². The van der Waals surface area contributed by atoms with Crippen LogP contribution < -0.4 is 5.32 Å². The highest BCUT2D eigenvalue weighted by Crippen LogP contribution is 2.23. The van der Waals surface area contributed by atoms with Crippen LogP contribution in [0.5, 0.6) is 0 Å². The molecule has 0 aliphatic carbocycles. The Balaban J connectivity index is 1.72. The van der Waals surface area contributed by atoms with E-state index in [-0.39, 0.29) is 28.5 Å². The van der Waals surface area contributed by atoms with E-state index in [1.807, 2.05) is 0 Å². The van der Waals surface area contributed by atoms with Crippen molar-refractivity contribution in [1.82, 2.24) is 10.5 Å². The van der Waals surface area contributed by atoms with Crippen LogP contribution in [0, 0.1) is 11.6 Å². The minimum atomic E-state index is -0.716. The highest BCUT2D eigenvalue weighted by atomic mass is 35.5. The van der Waals surface area contributed by atoms with E-state index >= 15 is 0 Å². The predicted molar refractivity (Wildman–Crippen MR) is 84.5 cm³/mol.